The number of rotatable bonds is 34. The number of hydrogen-bond donors (Lipinski definition) is 9. The first-order valence-corrected chi connectivity index (χ1v) is 22.7. The SMILES string of the molecule is CCCCCCC/C=C/C(O)C(COP(=O)(O)OC1C(O)C(O)C(O)C(O)C1O)NC(=O)CC(O)CCCCCCCCCCCCCCCCCCC. The van der Waals surface area contributed by atoms with Gasteiger partial charge in [-0.1, -0.05) is 161 Å². The molecule has 0 aliphatic heterocycles. The van der Waals surface area contributed by atoms with E-state index >= 15 is 0 Å². The third-order valence-corrected chi connectivity index (χ3v) is 11.4. The van der Waals surface area contributed by atoms with Gasteiger partial charge in [0.2, 0.25) is 5.91 Å². The van der Waals surface area contributed by atoms with Gasteiger partial charge in [-0.15, -0.1) is 0 Å². The first-order valence-electron chi connectivity index (χ1n) is 21.2. The Labute approximate surface area is 325 Å². The summed E-state index contributed by atoms with van der Waals surface area (Å²) in [5.41, 5.74) is 0. The molecule has 1 rings (SSSR count). The minimum atomic E-state index is -5.12. The van der Waals surface area contributed by atoms with E-state index < -0.39 is 75.2 Å². The maximum absolute atomic E-state index is 12.9. The summed E-state index contributed by atoms with van der Waals surface area (Å²) in [6, 6.07) is -1.23. The quantitative estimate of drug-likeness (QED) is 0.0212. The van der Waals surface area contributed by atoms with Gasteiger partial charge in [0, 0.05) is 0 Å². The average Bonchev–Trinajstić information content (AvgIpc) is 3.14. The lowest BCUT2D eigenvalue weighted by atomic mass is 9.85. The van der Waals surface area contributed by atoms with Crippen molar-refractivity contribution in [3.05, 3.63) is 12.2 Å². The molecule has 1 saturated carbocycles. The molecule has 1 amide bonds. The molecule has 0 radical (unpaired) electrons. The van der Waals surface area contributed by atoms with E-state index in [1.165, 1.54) is 89.5 Å². The zero-order valence-corrected chi connectivity index (χ0v) is 34.3. The Hall–Kier alpha value is -0.960. The van der Waals surface area contributed by atoms with Gasteiger partial charge in [0.1, 0.15) is 36.6 Å². The first kappa shape index (κ1) is 51.1. The topological polar surface area (TPSA) is 226 Å². The Bertz CT molecular complexity index is 990. The normalized spacial score (nSPS) is 24.7. The largest absolute Gasteiger partial charge is 0.472 e. The molecule has 13 nitrogen and oxygen atoms in total. The number of unbranched alkanes of at least 4 members (excludes halogenated alkanes) is 21. The highest BCUT2D eigenvalue weighted by atomic mass is 31.2. The fraction of sp³-hybridized carbons (Fsp3) is 0.925. The maximum Gasteiger partial charge on any atom is 0.472 e. The van der Waals surface area contributed by atoms with E-state index in [4.69, 9.17) is 9.05 Å². The lowest BCUT2D eigenvalue weighted by Gasteiger charge is -2.41. The van der Waals surface area contributed by atoms with Crippen molar-refractivity contribution in [1.82, 2.24) is 5.32 Å². The van der Waals surface area contributed by atoms with Crippen LogP contribution in [0.5, 0.6) is 0 Å². The third-order valence-electron chi connectivity index (χ3n) is 10.4. The second kappa shape index (κ2) is 31.1. The molecule has 54 heavy (non-hydrogen) atoms. The molecule has 0 spiro atoms. The minimum absolute atomic E-state index is 0.241. The monoisotopic (exact) mass is 796 g/mol. The van der Waals surface area contributed by atoms with Crippen molar-refractivity contribution in [1.29, 1.82) is 0 Å². The summed E-state index contributed by atoms with van der Waals surface area (Å²) >= 11 is 0. The van der Waals surface area contributed by atoms with Crippen LogP contribution in [-0.2, 0) is 18.4 Å². The zero-order chi connectivity index (χ0) is 40.2. The van der Waals surface area contributed by atoms with Gasteiger partial charge < -0.3 is 46.0 Å². The van der Waals surface area contributed by atoms with Crippen LogP contribution in [0.3, 0.4) is 0 Å². The highest BCUT2D eigenvalue weighted by Gasteiger charge is 2.51. The van der Waals surface area contributed by atoms with Crippen molar-refractivity contribution in [3.63, 3.8) is 0 Å². The van der Waals surface area contributed by atoms with Crippen LogP contribution < -0.4 is 5.32 Å². The van der Waals surface area contributed by atoms with Crippen LogP contribution in [0.1, 0.15) is 174 Å². The van der Waals surface area contributed by atoms with Crippen LogP contribution in [-0.4, -0.2) is 108 Å². The molecule has 1 fully saturated rings. The van der Waals surface area contributed by atoms with Gasteiger partial charge >= 0.3 is 7.82 Å². The van der Waals surface area contributed by atoms with E-state index in [1.807, 2.05) is 0 Å². The van der Waals surface area contributed by atoms with Crippen molar-refractivity contribution < 1.29 is 59.0 Å². The lowest BCUT2D eigenvalue weighted by Crippen LogP contribution is -2.64. The highest BCUT2D eigenvalue weighted by molar-refractivity contribution is 7.47. The number of carbonyl (C=O) groups excluding carboxylic acids is 1. The Morgan fingerprint density at radius 1 is 0.648 bits per heavy atom. The molecule has 0 bridgehead atoms. The molecule has 1 aliphatic carbocycles. The van der Waals surface area contributed by atoms with Crippen LogP contribution >= 0.6 is 7.82 Å². The van der Waals surface area contributed by atoms with Gasteiger partial charge in [-0.05, 0) is 19.3 Å². The predicted molar refractivity (Wildman–Crippen MR) is 211 cm³/mol. The molecule has 0 heterocycles. The summed E-state index contributed by atoms with van der Waals surface area (Å²) in [6.45, 7) is 3.64. The van der Waals surface area contributed by atoms with Gasteiger partial charge in [0.05, 0.1) is 31.3 Å². The molecule has 8 unspecified atom stereocenters. The molecular weight excluding hydrogens is 717 g/mol. The van der Waals surface area contributed by atoms with Gasteiger partial charge in [-0.3, -0.25) is 13.8 Å². The van der Waals surface area contributed by atoms with Gasteiger partial charge in [0.15, 0.2) is 0 Å². The summed E-state index contributed by atoms with van der Waals surface area (Å²) in [5.74, 6) is -0.595. The smallest absolute Gasteiger partial charge is 0.393 e. The molecule has 1 aliphatic rings. The standard InChI is InChI=1S/C40H78NO12P/c1-3-5-7-9-11-12-13-14-15-16-17-18-19-20-22-23-25-27-31(42)29-34(44)41-32(33(43)28-26-24-21-10-8-6-4-2)30-52-54(50,51)53-40-38(48)36(46)35(45)37(47)39(40)49/h26,28,31-33,35-40,42-43,45-49H,3-25,27,29-30H2,1-2H3,(H,41,44)(H,50,51)/b28-26+. The number of aliphatic hydroxyl groups is 7. The second-order valence-electron chi connectivity index (χ2n) is 15.4. The molecule has 14 heteroatoms. The Balaban J connectivity index is 2.47. The van der Waals surface area contributed by atoms with E-state index in [0.717, 1.165) is 57.8 Å². The molecule has 0 saturated heterocycles. The molecule has 320 valence electrons. The molecule has 9 N–H and O–H groups in total. The number of nitrogens with one attached hydrogen (secondary N) is 1. The van der Waals surface area contributed by atoms with Crippen molar-refractivity contribution in [2.75, 3.05) is 6.61 Å². The molecule has 0 aromatic carbocycles. The minimum Gasteiger partial charge on any atom is -0.393 e. The maximum atomic E-state index is 12.9. The number of allylic oxidation sites excluding steroid dienone is 1. The Kier molecular flexibility index (Phi) is 29.4. The third kappa shape index (κ3) is 23.3. The summed E-state index contributed by atoms with van der Waals surface area (Å²) in [6.07, 6.45) is 16.4. The van der Waals surface area contributed by atoms with Crippen molar-refractivity contribution in [2.45, 2.75) is 229 Å². The first-order chi connectivity index (χ1) is 25.8. The van der Waals surface area contributed by atoms with Crippen molar-refractivity contribution in [2.24, 2.45) is 0 Å². The fourth-order valence-electron chi connectivity index (χ4n) is 6.83. The molecule has 0 aromatic heterocycles. The van der Waals surface area contributed by atoms with E-state index in [-0.39, 0.29) is 6.42 Å². The number of phosphoric ester groups is 1. The Morgan fingerprint density at radius 2 is 1.06 bits per heavy atom. The predicted octanol–water partition coefficient (Wildman–Crippen LogP) is 5.86. The number of aliphatic hydroxyl groups excluding tert-OH is 7. The van der Waals surface area contributed by atoms with Crippen LogP contribution in [0.25, 0.3) is 0 Å². The van der Waals surface area contributed by atoms with E-state index in [2.05, 4.69) is 19.2 Å². The van der Waals surface area contributed by atoms with Crippen LogP contribution in [0.4, 0.5) is 0 Å². The number of carbonyl (C=O) groups is 1. The van der Waals surface area contributed by atoms with Gasteiger partial charge in [-0.25, -0.2) is 4.57 Å². The molecule has 8 atom stereocenters. The average molecular weight is 796 g/mol. The van der Waals surface area contributed by atoms with Crippen molar-refractivity contribution >= 4 is 13.7 Å². The summed E-state index contributed by atoms with van der Waals surface area (Å²) in [7, 11) is -5.12. The van der Waals surface area contributed by atoms with Crippen molar-refractivity contribution in [3.8, 4) is 0 Å². The van der Waals surface area contributed by atoms with Gasteiger partial charge in [-0.2, -0.15) is 0 Å². The summed E-state index contributed by atoms with van der Waals surface area (Å²) < 4.78 is 22.7. The molecular formula is C40H78NO12P. The van der Waals surface area contributed by atoms with Crippen LogP contribution in [0.2, 0.25) is 0 Å². The summed E-state index contributed by atoms with van der Waals surface area (Å²) in [4.78, 5) is 23.2. The van der Waals surface area contributed by atoms with E-state index in [0.29, 0.717) is 12.8 Å². The number of hydrogen-bond acceptors (Lipinski definition) is 11. The van der Waals surface area contributed by atoms with Gasteiger partial charge in [0.25, 0.3) is 0 Å². The fourth-order valence-corrected chi connectivity index (χ4v) is 7.79. The Morgan fingerprint density at radius 3 is 1.52 bits per heavy atom. The second-order valence-corrected chi connectivity index (χ2v) is 16.8. The number of amides is 1. The van der Waals surface area contributed by atoms with E-state index in [9.17, 15) is 50.0 Å². The van der Waals surface area contributed by atoms with E-state index in [1.54, 1.807) is 6.08 Å². The van der Waals surface area contributed by atoms with Crippen LogP contribution in [0.15, 0.2) is 12.2 Å². The summed E-state index contributed by atoms with van der Waals surface area (Å²) in [5, 5.41) is 74.0. The zero-order valence-electron chi connectivity index (χ0n) is 33.4. The lowest BCUT2D eigenvalue weighted by molar-refractivity contribution is -0.220. The highest BCUT2D eigenvalue weighted by Crippen LogP contribution is 2.47. The van der Waals surface area contributed by atoms with Crippen LogP contribution in [0, 0.1) is 0 Å². The number of phosphoric acid groups is 1. The molecule has 0 aromatic rings.